The molecule has 1 amide bonds. The Morgan fingerprint density at radius 1 is 1.21 bits per heavy atom. The molecule has 0 saturated heterocycles. The maximum Gasteiger partial charge on any atom is 0.346 e. The Bertz CT molecular complexity index is 1090. The number of rotatable bonds is 6. The summed E-state index contributed by atoms with van der Waals surface area (Å²) in [5.74, 6) is -0.759. The monoisotopic (exact) mass is 405 g/mol. The molecule has 1 aromatic heterocycles. The smallest absolute Gasteiger partial charge is 0.346 e. The predicted molar refractivity (Wildman–Crippen MR) is 114 cm³/mol. The number of carbonyl (C=O) groups excluding carboxylic acids is 1. The summed E-state index contributed by atoms with van der Waals surface area (Å²) in [6.45, 7) is 4.03. The predicted octanol–water partition coefficient (Wildman–Crippen LogP) is 5.15. The largest absolute Gasteiger partial charge is 0.489 e. The minimum atomic E-state index is -1.01. The van der Waals surface area contributed by atoms with Crippen LogP contribution in [0.15, 0.2) is 67.3 Å². The van der Waals surface area contributed by atoms with Crippen molar-refractivity contribution in [2.24, 2.45) is 0 Å². The molecule has 0 aliphatic carbocycles. The minimum absolute atomic E-state index is 0.145. The summed E-state index contributed by atoms with van der Waals surface area (Å²) in [6, 6.07) is 16.8. The third-order valence-corrected chi connectivity index (χ3v) is 6.11. The first-order valence-electron chi connectivity index (χ1n) is 9.18. The number of benzene rings is 2. The zero-order valence-electron chi connectivity index (χ0n) is 15.6. The van der Waals surface area contributed by atoms with Gasteiger partial charge in [0.2, 0.25) is 5.91 Å². The standard InChI is InChI=1S/C23H19NO4S/c1-2-12-28-17-11-7-6-10-15(17)16-13-18(25)24-20-19(14-8-4-3-5-9-14)22(23(26)27)29-21(16)20/h2-11,16H,1,12-13H2,(H,24,25)(H,26,27)/t16-/m0/s1. The summed E-state index contributed by atoms with van der Waals surface area (Å²) >= 11 is 1.21. The van der Waals surface area contributed by atoms with Gasteiger partial charge in [0.15, 0.2) is 0 Å². The number of carbonyl (C=O) groups is 2. The number of anilines is 1. The van der Waals surface area contributed by atoms with E-state index in [1.165, 1.54) is 11.3 Å². The lowest BCUT2D eigenvalue weighted by atomic mass is 9.88. The number of hydrogen-bond acceptors (Lipinski definition) is 4. The van der Waals surface area contributed by atoms with Gasteiger partial charge in [-0.05, 0) is 11.6 Å². The fourth-order valence-corrected chi connectivity index (χ4v) is 4.85. The van der Waals surface area contributed by atoms with Crippen LogP contribution in [-0.2, 0) is 4.79 Å². The van der Waals surface area contributed by atoms with Crippen molar-refractivity contribution in [2.45, 2.75) is 12.3 Å². The molecule has 0 unspecified atom stereocenters. The topological polar surface area (TPSA) is 75.6 Å². The molecule has 5 nitrogen and oxygen atoms in total. The fourth-order valence-electron chi connectivity index (χ4n) is 3.62. The molecule has 2 N–H and O–H groups in total. The van der Waals surface area contributed by atoms with Gasteiger partial charge in [-0.1, -0.05) is 61.2 Å². The van der Waals surface area contributed by atoms with Gasteiger partial charge in [0.05, 0.1) is 5.69 Å². The van der Waals surface area contributed by atoms with Gasteiger partial charge in [0, 0.05) is 28.3 Å². The molecule has 4 rings (SSSR count). The van der Waals surface area contributed by atoms with Crippen LogP contribution in [0.25, 0.3) is 11.1 Å². The Balaban J connectivity index is 1.90. The molecule has 0 saturated carbocycles. The molecule has 6 heteroatoms. The summed E-state index contributed by atoms with van der Waals surface area (Å²) in [6.07, 6.45) is 1.90. The quantitative estimate of drug-likeness (QED) is 0.556. The zero-order valence-corrected chi connectivity index (χ0v) is 16.4. The third-order valence-electron chi connectivity index (χ3n) is 4.81. The van der Waals surface area contributed by atoms with Gasteiger partial charge in [-0.25, -0.2) is 4.79 Å². The van der Waals surface area contributed by atoms with Crippen LogP contribution >= 0.6 is 11.3 Å². The van der Waals surface area contributed by atoms with Crippen molar-refractivity contribution in [3.8, 4) is 16.9 Å². The Labute approximate surface area is 172 Å². The molecule has 0 bridgehead atoms. The van der Waals surface area contributed by atoms with Crippen LogP contribution < -0.4 is 10.1 Å². The lowest BCUT2D eigenvalue weighted by molar-refractivity contribution is -0.116. The average molecular weight is 405 g/mol. The third kappa shape index (κ3) is 3.54. The van der Waals surface area contributed by atoms with E-state index in [1.54, 1.807) is 6.08 Å². The highest BCUT2D eigenvalue weighted by Crippen LogP contribution is 2.50. The summed E-state index contributed by atoms with van der Waals surface area (Å²) in [5.41, 5.74) is 2.77. The lowest BCUT2D eigenvalue weighted by Crippen LogP contribution is -2.22. The second kappa shape index (κ2) is 7.93. The summed E-state index contributed by atoms with van der Waals surface area (Å²) in [4.78, 5) is 25.6. The van der Waals surface area contributed by atoms with Crippen LogP contribution in [0.1, 0.15) is 32.5 Å². The van der Waals surface area contributed by atoms with Crippen LogP contribution in [-0.4, -0.2) is 23.6 Å². The second-order valence-corrected chi connectivity index (χ2v) is 7.71. The molecule has 29 heavy (non-hydrogen) atoms. The van der Waals surface area contributed by atoms with Gasteiger partial charge in [0.25, 0.3) is 0 Å². The molecule has 0 spiro atoms. The first kappa shape index (κ1) is 19.0. The molecule has 3 aromatic rings. The number of aromatic carboxylic acids is 1. The highest BCUT2D eigenvalue weighted by molar-refractivity contribution is 7.15. The Morgan fingerprint density at radius 2 is 1.93 bits per heavy atom. The van der Waals surface area contributed by atoms with E-state index in [0.717, 1.165) is 16.0 Å². The van der Waals surface area contributed by atoms with Gasteiger partial charge in [-0.2, -0.15) is 0 Å². The minimum Gasteiger partial charge on any atom is -0.489 e. The Hall–Kier alpha value is -3.38. The molecular formula is C23H19NO4S. The van der Waals surface area contributed by atoms with Crippen molar-refractivity contribution in [3.05, 3.63) is 82.6 Å². The molecule has 1 aliphatic rings. The molecule has 2 aromatic carbocycles. The molecule has 0 fully saturated rings. The number of amides is 1. The van der Waals surface area contributed by atoms with Crippen LogP contribution in [0.5, 0.6) is 5.75 Å². The maximum absolute atomic E-state index is 12.6. The molecular weight excluding hydrogens is 386 g/mol. The molecule has 0 radical (unpaired) electrons. The van der Waals surface area contributed by atoms with Crippen molar-refractivity contribution in [2.75, 3.05) is 11.9 Å². The Kier molecular flexibility index (Phi) is 5.18. The van der Waals surface area contributed by atoms with Gasteiger partial charge in [-0.3, -0.25) is 4.79 Å². The highest BCUT2D eigenvalue weighted by Gasteiger charge is 2.35. The van der Waals surface area contributed by atoms with Crippen LogP contribution in [0.3, 0.4) is 0 Å². The van der Waals surface area contributed by atoms with E-state index in [0.29, 0.717) is 23.6 Å². The lowest BCUT2D eigenvalue weighted by Gasteiger charge is -2.25. The molecule has 1 aliphatic heterocycles. The van der Waals surface area contributed by atoms with Gasteiger partial charge < -0.3 is 15.2 Å². The van der Waals surface area contributed by atoms with Crippen molar-refractivity contribution < 1.29 is 19.4 Å². The van der Waals surface area contributed by atoms with Crippen LogP contribution in [0.4, 0.5) is 5.69 Å². The van der Waals surface area contributed by atoms with Crippen LogP contribution in [0.2, 0.25) is 0 Å². The van der Waals surface area contributed by atoms with Crippen LogP contribution in [0, 0.1) is 0 Å². The fraction of sp³-hybridized carbons (Fsp3) is 0.130. The van der Waals surface area contributed by atoms with E-state index >= 15 is 0 Å². The van der Waals surface area contributed by atoms with E-state index in [9.17, 15) is 14.7 Å². The van der Waals surface area contributed by atoms with Crippen molar-refractivity contribution in [3.63, 3.8) is 0 Å². The number of para-hydroxylation sites is 1. The first-order valence-corrected chi connectivity index (χ1v) is 9.99. The average Bonchev–Trinajstić information content (AvgIpc) is 3.12. The Morgan fingerprint density at radius 3 is 2.66 bits per heavy atom. The number of thiophene rings is 1. The second-order valence-electron chi connectivity index (χ2n) is 6.66. The number of fused-ring (bicyclic) bond motifs is 1. The SMILES string of the molecule is C=CCOc1ccccc1[C@@H]1CC(=O)Nc2c1sc(C(=O)O)c2-c1ccccc1. The zero-order chi connectivity index (χ0) is 20.4. The van der Waals surface area contributed by atoms with E-state index in [1.807, 2.05) is 54.6 Å². The summed E-state index contributed by atoms with van der Waals surface area (Å²) < 4.78 is 5.80. The number of carboxylic acid groups (broad SMARTS) is 1. The van der Waals surface area contributed by atoms with E-state index in [4.69, 9.17) is 4.74 Å². The van der Waals surface area contributed by atoms with Gasteiger partial charge in [-0.15, -0.1) is 11.3 Å². The number of nitrogens with one attached hydrogen (secondary N) is 1. The molecule has 2 heterocycles. The molecule has 146 valence electrons. The van der Waals surface area contributed by atoms with Crippen molar-refractivity contribution >= 4 is 28.9 Å². The number of carboxylic acids is 1. The number of ether oxygens (including phenoxy) is 1. The first-order chi connectivity index (χ1) is 14.1. The normalized spacial score (nSPS) is 15.3. The highest BCUT2D eigenvalue weighted by atomic mass is 32.1. The number of hydrogen-bond donors (Lipinski definition) is 2. The van der Waals surface area contributed by atoms with Crippen molar-refractivity contribution in [1.82, 2.24) is 0 Å². The summed E-state index contributed by atoms with van der Waals surface area (Å²) in [5, 5.41) is 12.7. The summed E-state index contributed by atoms with van der Waals surface area (Å²) in [7, 11) is 0. The van der Waals surface area contributed by atoms with Crippen molar-refractivity contribution in [1.29, 1.82) is 0 Å². The van der Waals surface area contributed by atoms with Gasteiger partial charge in [0.1, 0.15) is 17.2 Å². The van der Waals surface area contributed by atoms with Gasteiger partial charge >= 0.3 is 5.97 Å². The van der Waals surface area contributed by atoms with E-state index < -0.39 is 5.97 Å². The molecule has 1 atom stereocenters. The van der Waals surface area contributed by atoms with E-state index in [-0.39, 0.29) is 23.1 Å². The van der Waals surface area contributed by atoms with E-state index in [2.05, 4.69) is 11.9 Å². The maximum atomic E-state index is 12.6.